The maximum atomic E-state index is 10.6. The highest BCUT2D eigenvalue weighted by molar-refractivity contribution is 7.16. The number of nitrogens with zero attached hydrogens (tertiary/aromatic N) is 2. The smallest absolute Gasteiger partial charge is 0.185 e. The van der Waals surface area contributed by atoms with Crippen LogP contribution in [0.3, 0.4) is 0 Å². The quantitative estimate of drug-likeness (QED) is 0.388. The van der Waals surface area contributed by atoms with Gasteiger partial charge in [0, 0.05) is 0 Å². The zero-order valence-corrected chi connectivity index (χ0v) is 18.4. The third kappa shape index (κ3) is 5.97. The van der Waals surface area contributed by atoms with E-state index in [1.165, 1.54) is 11.3 Å². The number of hydrogen-bond acceptors (Lipinski definition) is 6. The van der Waals surface area contributed by atoms with Gasteiger partial charge in [0.05, 0.1) is 23.3 Å². The topological polar surface area (TPSA) is 76.2 Å². The third-order valence-corrected chi connectivity index (χ3v) is 5.89. The van der Waals surface area contributed by atoms with Gasteiger partial charge >= 0.3 is 0 Å². The summed E-state index contributed by atoms with van der Waals surface area (Å²) in [6.07, 6.45) is -1.45. The second-order valence-electron chi connectivity index (χ2n) is 7.36. The molecule has 166 valence electrons. The number of aliphatic hydroxyl groups is 2. The van der Waals surface area contributed by atoms with E-state index in [1.54, 1.807) is 0 Å². The average molecular weight is 451 g/mol. The predicted molar refractivity (Wildman–Crippen MR) is 126 cm³/mol. The number of thiazole rings is 1. The Kier molecular flexibility index (Phi) is 7.55. The van der Waals surface area contributed by atoms with E-state index in [0.29, 0.717) is 12.3 Å². The van der Waals surface area contributed by atoms with Crippen molar-refractivity contribution in [2.45, 2.75) is 18.8 Å². The van der Waals surface area contributed by atoms with Crippen molar-refractivity contribution in [1.29, 1.82) is 0 Å². The summed E-state index contributed by atoms with van der Waals surface area (Å²) < 4.78 is 14.4. The number of ether oxygens (including phenoxy) is 2. The van der Waals surface area contributed by atoms with Crippen molar-refractivity contribution in [2.24, 2.45) is 4.99 Å². The van der Waals surface area contributed by atoms with Crippen molar-refractivity contribution in [2.75, 3.05) is 19.8 Å². The van der Waals surface area contributed by atoms with Crippen LogP contribution in [0.4, 0.5) is 0 Å². The molecule has 1 aromatic heterocycles. The first-order chi connectivity index (χ1) is 15.7. The van der Waals surface area contributed by atoms with Crippen LogP contribution in [0.25, 0.3) is 10.2 Å². The Bertz CT molecular complexity index is 1170. The standard InChI is InChI=1S/C25H26N2O4S/c28-19(17-30-21-9-3-1-4-10-21)15-26-25-27(23-13-7-8-14-24(23)32-25)16-20(29)18-31-22-11-5-2-6-12-22/h1-14,19-20,28-29H,15-18H2/t19-,20-/m0/s1. The van der Waals surface area contributed by atoms with Gasteiger partial charge in [0.1, 0.15) is 36.9 Å². The first kappa shape index (κ1) is 22.1. The summed E-state index contributed by atoms with van der Waals surface area (Å²) in [7, 11) is 0. The van der Waals surface area contributed by atoms with Crippen molar-refractivity contribution in [3.05, 3.63) is 89.7 Å². The number of hydrogen-bond donors (Lipinski definition) is 2. The molecule has 2 N–H and O–H groups in total. The van der Waals surface area contributed by atoms with Crippen LogP contribution in [0.2, 0.25) is 0 Å². The molecule has 4 aromatic rings. The largest absolute Gasteiger partial charge is 0.491 e. The van der Waals surface area contributed by atoms with Crippen LogP contribution in [0.5, 0.6) is 11.5 Å². The Hall–Kier alpha value is -3.13. The minimum Gasteiger partial charge on any atom is -0.491 e. The molecule has 32 heavy (non-hydrogen) atoms. The number of para-hydroxylation sites is 3. The van der Waals surface area contributed by atoms with Crippen molar-refractivity contribution in [3.63, 3.8) is 0 Å². The second kappa shape index (κ2) is 10.9. The minimum absolute atomic E-state index is 0.159. The fourth-order valence-corrected chi connectivity index (χ4v) is 4.28. The Morgan fingerprint density at radius 2 is 1.31 bits per heavy atom. The molecule has 0 aliphatic rings. The molecule has 0 saturated carbocycles. The molecule has 0 unspecified atom stereocenters. The molecular formula is C25H26N2O4S. The van der Waals surface area contributed by atoms with Crippen LogP contribution in [0.15, 0.2) is 89.9 Å². The molecule has 0 saturated heterocycles. The lowest BCUT2D eigenvalue weighted by atomic mass is 10.3. The maximum Gasteiger partial charge on any atom is 0.185 e. The molecule has 7 heteroatoms. The number of aromatic nitrogens is 1. The average Bonchev–Trinajstić information content (AvgIpc) is 3.18. The van der Waals surface area contributed by atoms with Crippen LogP contribution in [-0.4, -0.2) is 46.7 Å². The van der Waals surface area contributed by atoms with E-state index in [2.05, 4.69) is 4.99 Å². The van der Waals surface area contributed by atoms with Crippen LogP contribution in [0, 0.1) is 0 Å². The Morgan fingerprint density at radius 3 is 1.97 bits per heavy atom. The zero-order valence-electron chi connectivity index (χ0n) is 17.6. The van der Waals surface area contributed by atoms with E-state index in [4.69, 9.17) is 9.47 Å². The molecule has 0 spiro atoms. The number of fused-ring (bicyclic) bond motifs is 1. The molecule has 6 nitrogen and oxygen atoms in total. The Balaban J connectivity index is 1.44. The summed E-state index contributed by atoms with van der Waals surface area (Å²) in [5.41, 5.74) is 0.991. The molecule has 0 aliphatic heterocycles. The van der Waals surface area contributed by atoms with E-state index >= 15 is 0 Å². The predicted octanol–water partition coefficient (Wildman–Crippen LogP) is 3.48. The summed E-state index contributed by atoms with van der Waals surface area (Å²) in [6, 6.07) is 26.8. The molecule has 4 rings (SSSR count). The molecule has 0 fully saturated rings. The monoisotopic (exact) mass is 450 g/mol. The van der Waals surface area contributed by atoms with Crippen molar-refractivity contribution in [3.8, 4) is 11.5 Å². The first-order valence-electron chi connectivity index (χ1n) is 10.5. The molecule has 0 aliphatic carbocycles. The Morgan fingerprint density at radius 1 is 0.750 bits per heavy atom. The van der Waals surface area contributed by atoms with Crippen LogP contribution in [0.1, 0.15) is 0 Å². The lowest BCUT2D eigenvalue weighted by Crippen LogP contribution is -2.29. The Labute approximate surface area is 190 Å². The maximum absolute atomic E-state index is 10.6. The number of aliphatic hydroxyl groups excluding tert-OH is 2. The third-order valence-electron chi connectivity index (χ3n) is 4.79. The summed E-state index contributed by atoms with van der Waals surface area (Å²) in [6.45, 7) is 0.878. The van der Waals surface area contributed by atoms with Gasteiger partial charge in [0.25, 0.3) is 0 Å². The van der Waals surface area contributed by atoms with Gasteiger partial charge in [0.2, 0.25) is 0 Å². The highest BCUT2D eigenvalue weighted by Gasteiger charge is 2.13. The van der Waals surface area contributed by atoms with Gasteiger partial charge in [-0.2, -0.15) is 0 Å². The van der Waals surface area contributed by atoms with Crippen molar-refractivity contribution < 1.29 is 19.7 Å². The highest BCUT2D eigenvalue weighted by atomic mass is 32.1. The van der Waals surface area contributed by atoms with Crippen LogP contribution >= 0.6 is 11.3 Å². The minimum atomic E-state index is -0.736. The molecular weight excluding hydrogens is 424 g/mol. The second-order valence-corrected chi connectivity index (χ2v) is 8.37. The van der Waals surface area contributed by atoms with E-state index in [-0.39, 0.29) is 19.8 Å². The zero-order chi connectivity index (χ0) is 22.2. The van der Waals surface area contributed by atoms with Gasteiger partial charge in [-0.05, 0) is 36.4 Å². The lowest BCUT2D eigenvalue weighted by molar-refractivity contribution is 0.0925. The van der Waals surface area contributed by atoms with Gasteiger partial charge in [0.15, 0.2) is 4.80 Å². The lowest BCUT2D eigenvalue weighted by Gasteiger charge is -2.14. The molecule has 0 bridgehead atoms. The fraction of sp³-hybridized carbons (Fsp3) is 0.240. The molecule has 0 amide bonds. The van der Waals surface area contributed by atoms with E-state index in [1.807, 2.05) is 89.5 Å². The number of benzene rings is 3. The van der Waals surface area contributed by atoms with Crippen LogP contribution < -0.4 is 14.3 Å². The molecule has 3 aromatic carbocycles. The highest BCUT2D eigenvalue weighted by Crippen LogP contribution is 2.17. The van der Waals surface area contributed by atoms with Crippen molar-refractivity contribution >= 4 is 21.6 Å². The normalized spacial score (nSPS) is 13.8. The summed E-state index contributed by atoms with van der Waals surface area (Å²) in [4.78, 5) is 5.37. The van der Waals surface area contributed by atoms with Gasteiger partial charge in [-0.25, -0.2) is 0 Å². The fourth-order valence-electron chi connectivity index (χ4n) is 3.23. The van der Waals surface area contributed by atoms with Gasteiger partial charge in [-0.3, -0.25) is 4.99 Å². The molecule has 0 radical (unpaired) electrons. The van der Waals surface area contributed by atoms with E-state index in [0.717, 1.165) is 20.8 Å². The number of rotatable bonds is 10. The van der Waals surface area contributed by atoms with E-state index < -0.39 is 12.2 Å². The summed E-state index contributed by atoms with van der Waals surface area (Å²) >= 11 is 1.53. The van der Waals surface area contributed by atoms with Gasteiger partial charge in [-0.1, -0.05) is 59.9 Å². The van der Waals surface area contributed by atoms with E-state index in [9.17, 15) is 10.2 Å². The van der Waals surface area contributed by atoms with Gasteiger partial charge in [-0.15, -0.1) is 0 Å². The van der Waals surface area contributed by atoms with Crippen LogP contribution in [-0.2, 0) is 6.54 Å². The molecule has 1 heterocycles. The summed E-state index contributed by atoms with van der Waals surface area (Å²) in [5, 5.41) is 20.9. The first-order valence-corrected chi connectivity index (χ1v) is 11.3. The van der Waals surface area contributed by atoms with Crippen molar-refractivity contribution in [1.82, 2.24) is 4.57 Å². The molecule has 2 atom stereocenters. The van der Waals surface area contributed by atoms with Gasteiger partial charge < -0.3 is 24.3 Å². The summed E-state index contributed by atoms with van der Waals surface area (Å²) in [5.74, 6) is 1.43. The SMILES string of the molecule is O[C@H](COc1ccccc1)Cn1c(=NC[C@H](O)COc2ccccc2)sc2ccccc21.